The lowest BCUT2D eigenvalue weighted by Gasteiger charge is -2.43. The summed E-state index contributed by atoms with van der Waals surface area (Å²) in [6.45, 7) is 2.24. The second kappa shape index (κ2) is 12.2. The number of amides is 1. The number of nitrogens with zero attached hydrogens (tertiary/aromatic N) is 5. The van der Waals surface area contributed by atoms with Crippen LogP contribution in [-0.2, 0) is 16.1 Å². The summed E-state index contributed by atoms with van der Waals surface area (Å²) in [7, 11) is 0. The number of rotatable bonds is 10. The van der Waals surface area contributed by atoms with Crippen molar-refractivity contribution in [2.45, 2.75) is 70.4 Å². The number of carboxylic acids is 1. The molecular formula is C31H34N6O3. The van der Waals surface area contributed by atoms with E-state index in [0.29, 0.717) is 25.1 Å². The molecule has 4 aromatic rings. The molecule has 0 bridgehead atoms. The number of aliphatic carboxylic acids is 1. The molecule has 2 aromatic heterocycles. The van der Waals surface area contributed by atoms with Gasteiger partial charge in [-0.05, 0) is 59.4 Å². The molecule has 1 amide bonds. The Morgan fingerprint density at radius 1 is 0.975 bits per heavy atom. The molecule has 2 heterocycles. The average molecular weight is 539 g/mol. The maximum atomic E-state index is 13.4. The van der Waals surface area contributed by atoms with Crippen LogP contribution in [0.2, 0.25) is 0 Å². The number of tetrazole rings is 1. The van der Waals surface area contributed by atoms with Crippen LogP contribution in [0.1, 0.15) is 63.9 Å². The molecule has 1 aliphatic carbocycles. The van der Waals surface area contributed by atoms with Crippen LogP contribution in [0.15, 0.2) is 66.9 Å². The molecule has 0 unspecified atom stereocenters. The molecule has 0 spiro atoms. The van der Waals surface area contributed by atoms with Crippen molar-refractivity contribution in [2.75, 3.05) is 0 Å². The Bertz CT molecular complexity index is 1430. The Hall–Kier alpha value is -4.40. The van der Waals surface area contributed by atoms with E-state index in [-0.39, 0.29) is 12.5 Å². The third kappa shape index (κ3) is 5.64. The maximum Gasteiger partial charge on any atom is 0.329 e. The van der Waals surface area contributed by atoms with Crippen molar-refractivity contribution in [2.24, 2.45) is 0 Å². The molecule has 1 saturated carbocycles. The van der Waals surface area contributed by atoms with E-state index in [9.17, 15) is 14.7 Å². The van der Waals surface area contributed by atoms with Crippen LogP contribution >= 0.6 is 0 Å². The maximum absolute atomic E-state index is 13.4. The van der Waals surface area contributed by atoms with Gasteiger partial charge in [-0.3, -0.25) is 9.78 Å². The van der Waals surface area contributed by atoms with E-state index >= 15 is 0 Å². The van der Waals surface area contributed by atoms with Crippen molar-refractivity contribution in [1.82, 2.24) is 30.5 Å². The zero-order chi connectivity index (χ0) is 28.0. The summed E-state index contributed by atoms with van der Waals surface area (Å²) in [5, 5.41) is 24.9. The second-order valence-electron chi connectivity index (χ2n) is 10.4. The van der Waals surface area contributed by atoms with Crippen molar-refractivity contribution in [1.29, 1.82) is 0 Å². The number of benzene rings is 2. The second-order valence-corrected chi connectivity index (χ2v) is 10.4. The largest absolute Gasteiger partial charge is 0.479 e. The number of aromatic nitrogens is 5. The molecule has 5 rings (SSSR count). The molecule has 0 aliphatic heterocycles. The number of H-pyrrole nitrogens is 1. The number of pyridine rings is 1. The Balaban J connectivity index is 1.49. The van der Waals surface area contributed by atoms with Crippen molar-refractivity contribution < 1.29 is 14.7 Å². The van der Waals surface area contributed by atoms with Crippen molar-refractivity contribution in [3.05, 3.63) is 72.4 Å². The van der Waals surface area contributed by atoms with Gasteiger partial charge < -0.3 is 10.0 Å². The Labute approximate surface area is 233 Å². The number of hydrogen-bond donors (Lipinski definition) is 2. The van der Waals surface area contributed by atoms with Crippen LogP contribution < -0.4 is 0 Å². The first kappa shape index (κ1) is 27.2. The van der Waals surface area contributed by atoms with Gasteiger partial charge >= 0.3 is 5.97 Å². The zero-order valence-corrected chi connectivity index (χ0v) is 22.7. The number of aromatic amines is 1. The van der Waals surface area contributed by atoms with Gasteiger partial charge in [0.2, 0.25) is 11.7 Å². The number of hydrogen-bond acceptors (Lipinski definition) is 6. The van der Waals surface area contributed by atoms with Gasteiger partial charge in [-0.25, -0.2) is 4.79 Å². The highest BCUT2D eigenvalue weighted by molar-refractivity contribution is 5.87. The van der Waals surface area contributed by atoms with Gasteiger partial charge in [0, 0.05) is 30.3 Å². The lowest BCUT2D eigenvalue weighted by atomic mass is 9.79. The third-order valence-electron chi connectivity index (χ3n) is 7.80. The standard InChI is InChI=1S/C31H34N6O3/c1-2-3-12-28(38)37(31(30(39)40)17-8-5-9-18-31)21-22-13-16-27(32-20-22)26-19-24(23-10-6-4-7-11-23)14-15-25(26)29-33-35-36-34-29/h4,6-7,10-11,13-16,19-20H,2-3,5,8-9,12,17-18,21H2,1H3,(H,39,40)(H,33,34,35,36). The van der Waals surface area contributed by atoms with Gasteiger partial charge in [-0.1, -0.05) is 75.1 Å². The predicted molar refractivity (Wildman–Crippen MR) is 152 cm³/mol. The fraction of sp³-hybridized carbons (Fsp3) is 0.355. The minimum absolute atomic E-state index is 0.106. The molecular weight excluding hydrogens is 504 g/mol. The van der Waals surface area contributed by atoms with Crippen LogP contribution in [-0.4, -0.2) is 53.0 Å². The van der Waals surface area contributed by atoms with Gasteiger partial charge in [0.1, 0.15) is 5.54 Å². The minimum atomic E-state index is -1.17. The van der Waals surface area contributed by atoms with Crippen LogP contribution in [0.4, 0.5) is 0 Å². The Morgan fingerprint density at radius 2 is 1.77 bits per heavy atom. The van der Waals surface area contributed by atoms with E-state index in [1.54, 1.807) is 11.1 Å². The molecule has 1 aliphatic rings. The number of carbonyl (C=O) groups excluding carboxylic acids is 1. The van der Waals surface area contributed by atoms with Crippen LogP contribution in [0.3, 0.4) is 0 Å². The molecule has 0 atom stereocenters. The Morgan fingerprint density at radius 3 is 2.42 bits per heavy atom. The van der Waals surface area contributed by atoms with Crippen LogP contribution in [0.5, 0.6) is 0 Å². The highest BCUT2D eigenvalue weighted by Crippen LogP contribution is 2.37. The van der Waals surface area contributed by atoms with E-state index in [4.69, 9.17) is 4.98 Å². The molecule has 206 valence electrons. The zero-order valence-electron chi connectivity index (χ0n) is 22.7. The van der Waals surface area contributed by atoms with Crippen LogP contribution in [0, 0.1) is 0 Å². The summed E-state index contributed by atoms with van der Waals surface area (Å²) >= 11 is 0. The monoisotopic (exact) mass is 538 g/mol. The molecule has 0 radical (unpaired) electrons. The first-order chi connectivity index (χ1) is 19.5. The lowest BCUT2D eigenvalue weighted by Crippen LogP contribution is -2.57. The van der Waals surface area contributed by atoms with Gasteiger partial charge in [0.15, 0.2) is 0 Å². The minimum Gasteiger partial charge on any atom is -0.479 e. The molecule has 1 fully saturated rings. The average Bonchev–Trinajstić information content (AvgIpc) is 3.54. The fourth-order valence-corrected chi connectivity index (χ4v) is 5.57. The first-order valence-corrected chi connectivity index (χ1v) is 13.9. The summed E-state index contributed by atoms with van der Waals surface area (Å²) in [6.07, 6.45) is 7.25. The SMILES string of the molecule is CCCCC(=O)N(Cc1ccc(-c2cc(-c3ccccc3)ccc2-c2nn[nH]n2)nc1)C1(C(=O)O)CCCCC1. The molecule has 0 saturated heterocycles. The van der Waals surface area contributed by atoms with Gasteiger partial charge in [-0.15, -0.1) is 10.2 Å². The van der Waals surface area contributed by atoms with Crippen molar-refractivity contribution >= 4 is 11.9 Å². The molecule has 40 heavy (non-hydrogen) atoms. The number of carboxylic acid groups (broad SMARTS) is 1. The topological polar surface area (TPSA) is 125 Å². The van der Waals surface area contributed by atoms with Gasteiger partial charge in [-0.2, -0.15) is 5.21 Å². The quantitative estimate of drug-likeness (QED) is 0.257. The highest BCUT2D eigenvalue weighted by Gasteiger charge is 2.47. The van der Waals surface area contributed by atoms with Crippen molar-refractivity contribution in [3.63, 3.8) is 0 Å². The van der Waals surface area contributed by atoms with Gasteiger partial charge in [0.05, 0.1) is 5.69 Å². The van der Waals surface area contributed by atoms with E-state index in [0.717, 1.165) is 65.6 Å². The molecule has 2 N–H and O–H groups in total. The van der Waals surface area contributed by atoms with E-state index in [1.807, 2.05) is 49.4 Å². The summed E-state index contributed by atoms with van der Waals surface area (Å²) < 4.78 is 0. The summed E-state index contributed by atoms with van der Waals surface area (Å²) in [6, 6.07) is 20.0. The predicted octanol–water partition coefficient (Wildman–Crippen LogP) is 5.90. The van der Waals surface area contributed by atoms with E-state index in [2.05, 4.69) is 38.8 Å². The molecule has 9 nitrogen and oxygen atoms in total. The number of unbranched alkanes of at least 4 members (excludes halogenated alkanes) is 1. The van der Waals surface area contributed by atoms with E-state index in [1.165, 1.54) is 0 Å². The number of carbonyl (C=O) groups is 2. The first-order valence-electron chi connectivity index (χ1n) is 13.9. The van der Waals surface area contributed by atoms with E-state index < -0.39 is 11.5 Å². The number of nitrogens with one attached hydrogen (secondary N) is 1. The Kier molecular flexibility index (Phi) is 8.28. The summed E-state index contributed by atoms with van der Waals surface area (Å²) in [4.78, 5) is 32.3. The molecule has 9 heteroatoms. The van der Waals surface area contributed by atoms with Gasteiger partial charge in [0.25, 0.3) is 0 Å². The summed E-state index contributed by atoms with van der Waals surface area (Å²) in [5.41, 5.74) is 4.08. The highest BCUT2D eigenvalue weighted by atomic mass is 16.4. The molecule has 2 aromatic carbocycles. The van der Waals surface area contributed by atoms with Crippen molar-refractivity contribution in [3.8, 4) is 33.8 Å². The lowest BCUT2D eigenvalue weighted by molar-refractivity contribution is -0.163. The summed E-state index contributed by atoms with van der Waals surface area (Å²) in [5.74, 6) is -0.553. The fourth-order valence-electron chi connectivity index (χ4n) is 5.57. The smallest absolute Gasteiger partial charge is 0.329 e. The van der Waals surface area contributed by atoms with Crippen LogP contribution in [0.25, 0.3) is 33.8 Å². The normalized spacial score (nSPS) is 14.5. The third-order valence-corrected chi connectivity index (χ3v) is 7.80.